The van der Waals surface area contributed by atoms with Gasteiger partial charge in [0, 0.05) is 13.7 Å². The normalized spacial score (nSPS) is 10.4. The van der Waals surface area contributed by atoms with E-state index in [0.717, 1.165) is 13.0 Å². The molecule has 0 spiro atoms. The smallest absolute Gasteiger partial charge is 0.117 e. The van der Waals surface area contributed by atoms with Gasteiger partial charge in [-0.3, -0.25) is 4.99 Å². The van der Waals surface area contributed by atoms with Crippen molar-refractivity contribution in [3.63, 3.8) is 0 Å². The van der Waals surface area contributed by atoms with E-state index < -0.39 is 0 Å². The molecule has 0 fully saturated rings. The van der Waals surface area contributed by atoms with Crippen LogP contribution in [-0.2, 0) is 4.74 Å². The molecule has 54 valence electrons. The van der Waals surface area contributed by atoms with E-state index in [4.69, 9.17) is 4.74 Å². The molecule has 0 aliphatic rings. The van der Waals surface area contributed by atoms with Crippen molar-refractivity contribution in [1.82, 2.24) is 5.32 Å². The number of nitrogens with zero attached hydrogens (tertiary/aromatic N) is 1. The molecule has 0 aromatic heterocycles. The molecule has 0 amide bonds. The van der Waals surface area contributed by atoms with E-state index in [9.17, 15) is 0 Å². The van der Waals surface area contributed by atoms with Gasteiger partial charge in [-0.1, -0.05) is 6.92 Å². The van der Waals surface area contributed by atoms with Crippen LogP contribution in [0.4, 0.5) is 0 Å². The fourth-order valence-electron chi connectivity index (χ4n) is 0.404. The summed E-state index contributed by atoms with van der Waals surface area (Å²) in [5, 5.41) is 2.86. The molecule has 0 atom stereocenters. The summed E-state index contributed by atoms with van der Waals surface area (Å²) in [5.41, 5.74) is 0. The Labute approximate surface area is 56.1 Å². The summed E-state index contributed by atoms with van der Waals surface area (Å²) in [7, 11) is 1.72. The molecule has 0 radical (unpaired) electrons. The van der Waals surface area contributed by atoms with Crippen LogP contribution in [0.2, 0.25) is 0 Å². The molecule has 0 rings (SSSR count). The fourth-order valence-corrected chi connectivity index (χ4v) is 0.404. The molecular formula is C6H14N2O. The molecule has 0 aliphatic heterocycles. The van der Waals surface area contributed by atoms with Crippen molar-refractivity contribution >= 4 is 6.34 Å². The highest BCUT2D eigenvalue weighted by Gasteiger charge is 1.78. The van der Waals surface area contributed by atoms with Gasteiger partial charge in [0.25, 0.3) is 0 Å². The number of hydrogen-bond donors (Lipinski definition) is 1. The highest BCUT2D eigenvalue weighted by molar-refractivity contribution is 5.53. The van der Waals surface area contributed by atoms with E-state index in [1.54, 1.807) is 13.4 Å². The predicted molar refractivity (Wildman–Crippen MR) is 38.7 cm³/mol. The summed E-state index contributed by atoms with van der Waals surface area (Å²) >= 11 is 0. The second-order valence-corrected chi connectivity index (χ2v) is 1.64. The van der Waals surface area contributed by atoms with Crippen molar-refractivity contribution < 1.29 is 4.74 Å². The van der Waals surface area contributed by atoms with Gasteiger partial charge in [0.15, 0.2) is 0 Å². The van der Waals surface area contributed by atoms with Crippen LogP contribution >= 0.6 is 0 Å². The van der Waals surface area contributed by atoms with Gasteiger partial charge in [-0.15, -0.1) is 0 Å². The summed E-state index contributed by atoms with van der Waals surface area (Å²) in [6.45, 7) is 3.45. The summed E-state index contributed by atoms with van der Waals surface area (Å²) < 4.78 is 5.08. The zero-order chi connectivity index (χ0) is 6.95. The molecule has 0 saturated carbocycles. The van der Waals surface area contributed by atoms with Crippen molar-refractivity contribution in [1.29, 1.82) is 0 Å². The second-order valence-electron chi connectivity index (χ2n) is 1.64. The summed E-state index contributed by atoms with van der Waals surface area (Å²) in [6, 6.07) is 0. The first-order valence-corrected chi connectivity index (χ1v) is 3.13. The summed E-state index contributed by atoms with van der Waals surface area (Å²) in [6.07, 6.45) is 2.68. The van der Waals surface area contributed by atoms with Gasteiger partial charge >= 0.3 is 0 Å². The van der Waals surface area contributed by atoms with E-state index in [2.05, 4.69) is 17.2 Å². The Morgan fingerprint density at radius 3 is 3.00 bits per heavy atom. The molecule has 1 N–H and O–H groups in total. The van der Waals surface area contributed by atoms with Crippen molar-refractivity contribution in [3.8, 4) is 0 Å². The average Bonchev–Trinajstić information content (AvgIpc) is 1.89. The molecule has 0 bridgehead atoms. The zero-order valence-corrected chi connectivity index (χ0v) is 6.05. The first kappa shape index (κ1) is 8.43. The van der Waals surface area contributed by atoms with Crippen LogP contribution in [0.15, 0.2) is 4.99 Å². The molecule has 9 heavy (non-hydrogen) atoms. The SMILES string of the molecule is CCCOCNC=NC. The lowest BCUT2D eigenvalue weighted by molar-refractivity contribution is 0.130. The topological polar surface area (TPSA) is 33.6 Å². The third kappa shape index (κ3) is 7.43. The third-order valence-corrected chi connectivity index (χ3v) is 0.754. The van der Waals surface area contributed by atoms with Crippen LogP contribution in [-0.4, -0.2) is 26.7 Å². The minimum Gasteiger partial charge on any atom is -0.361 e. The Bertz CT molecular complexity index is 73.5. The van der Waals surface area contributed by atoms with Crippen LogP contribution in [0, 0.1) is 0 Å². The van der Waals surface area contributed by atoms with E-state index in [1.165, 1.54) is 0 Å². The van der Waals surface area contributed by atoms with Gasteiger partial charge in [-0.2, -0.15) is 0 Å². The molecule has 0 heterocycles. The van der Waals surface area contributed by atoms with Crippen LogP contribution < -0.4 is 5.32 Å². The van der Waals surface area contributed by atoms with Crippen LogP contribution in [0.5, 0.6) is 0 Å². The first-order valence-electron chi connectivity index (χ1n) is 3.13. The molecule has 0 saturated heterocycles. The lowest BCUT2D eigenvalue weighted by Crippen LogP contribution is -2.15. The number of aliphatic imine (C=N–C) groups is 1. The minimum atomic E-state index is 0.561. The molecular weight excluding hydrogens is 116 g/mol. The Morgan fingerprint density at radius 2 is 2.44 bits per heavy atom. The van der Waals surface area contributed by atoms with E-state index in [-0.39, 0.29) is 0 Å². The molecule has 0 aromatic rings. The van der Waals surface area contributed by atoms with Gasteiger partial charge in [0.05, 0.1) is 6.34 Å². The van der Waals surface area contributed by atoms with E-state index in [0.29, 0.717) is 6.73 Å². The lowest BCUT2D eigenvalue weighted by atomic mass is 10.5. The monoisotopic (exact) mass is 130 g/mol. The largest absolute Gasteiger partial charge is 0.361 e. The Balaban J connectivity index is 2.75. The number of hydrogen-bond acceptors (Lipinski definition) is 2. The number of nitrogens with one attached hydrogen (secondary N) is 1. The maximum absolute atomic E-state index is 5.08. The van der Waals surface area contributed by atoms with E-state index >= 15 is 0 Å². The van der Waals surface area contributed by atoms with Crippen molar-refractivity contribution in [3.05, 3.63) is 0 Å². The van der Waals surface area contributed by atoms with Crippen LogP contribution in [0.1, 0.15) is 13.3 Å². The first-order chi connectivity index (χ1) is 4.41. The van der Waals surface area contributed by atoms with Crippen LogP contribution in [0.25, 0.3) is 0 Å². The van der Waals surface area contributed by atoms with Crippen molar-refractivity contribution in [2.45, 2.75) is 13.3 Å². The van der Waals surface area contributed by atoms with Gasteiger partial charge in [0.2, 0.25) is 0 Å². The molecule has 3 heteroatoms. The zero-order valence-electron chi connectivity index (χ0n) is 6.05. The van der Waals surface area contributed by atoms with Gasteiger partial charge in [0.1, 0.15) is 6.73 Å². The fraction of sp³-hybridized carbons (Fsp3) is 0.833. The number of rotatable bonds is 5. The summed E-state index contributed by atoms with van der Waals surface area (Å²) in [4.78, 5) is 3.72. The highest BCUT2D eigenvalue weighted by Crippen LogP contribution is 1.75. The van der Waals surface area contributed by atoms with Gasteiger partial charge in [-0.05, 0) is 6.42 Å². The quantitative estimate of drug-likeness (QED) is 0.256. The third-order valence-electron chi connectivity index (χ3n) is 0.754. The molecule has 0 aliphatic carbocycles. The highest BCUT2D eigenvalue weighted by atomic mass is 16.5. The maximum Gasteiger partial charge on any atom is 0.117 e. The van der Waals surface area contributed by atoms with Crippen LogP contribution in [0.3, 0.4) is 0 Å². The molecule has 3 nitrogen and oxygen atoms in total. The van der Waals surface area contributed by atoms with Gasteiger partial charge in [-0.25, -0.2) is 0 Å². The average molecular weight is 130 g/mol. The summed E-state index contributed by atoms with van der Waals surface area (Å²) in [5.74, 6) is 0. The molecule has 0 unspecified atom stereocenters. The number of ether oxygens (including phenoxy) is 1. The maximum atomic E-state index is 5.08. The lowest BCUT2D eigenvalue weighted by Gasteiger charge is -1.99. The standard InChI is InChI=1S/C6H14N2O/c1-3-4-9-6-8-5-7-2/h5H,3-4,6H2,1-2H3,(H,7,8). The molecule has 0 aromatic carbocycles. The van der Waals surface area contributed by atoms with Gasteiger partial charge < -0.3 is 10.1 Å². The Morgan fingerprint density at radius 1 is 1.67 bits per heavy atom. The van der Waals surface area contributed by atoms with E-state index in [1.807, 2.05) is 0 Å². The Hall–Kier alpha value is -0.570. The Kier molecular flexibility index (Phi) is 6.96. The predicted octanol–water partition coefficient (Wildman–Crippen LogP) is 0.618. The van der Waals surface area contributed by atoms with Crippen molar-refractivity contribution in [2.24, 2.45) is 4.99 Å². The van der Waals surface area contributed by atoms with Crippen molar-refractivity contribution in [2.75, 3.05) is 20.4 Å². The minimum absolute atomic E-state index is 0.561. The second kappa shape index (κ2) is 7.43.